The van der Waals surface area contributed by atoms with Crippen LogP contribution < -0.4 is 5.32 Å². The lowest BCUT2D eigenvalue weighted by Gasteiger charge is -2.13. The maximum atomic E-state index is 11.7. The van der Waals surface area contributed by atoms with Gasteiger partial charge in [-0.05, 0) is 25.0 Å². The van der Waals surface area contributed by atoms with E-state index in [-0.39, 0.29) is 11.4 Å². The Kier molecular flexibility index (Phi) is 2.98. The fourth-order valence-corrected chi connectivity index (χ4v) is 2.07. The second kappa shape index (κ2) is 4.10. The molecule has 1 aromatic heterocycles. The number of carbonyl (C=O) groups excluding carboxylic acids is 1. The summed E-state index contributed by atoms with van der Waals surface area (Å²) in [7, 11) is 0. The predicted molar refractivity (Wildman–Crippen MR) is 62.5 cm³/mol. The Morgan fingerprint density at radius 1 is 1.60 bits per heavy atom. The minimum Gasteiger partial charge on any atom is -0.344 e. The van der Waals surface area contributed by atoms with Crippen molar-refractivity contribution in [1.82, 2.24) is 10.3 Å². The van der Waals surface area contributed by atoms with E-state index in [0.717, 1.165) is 18.2 Å². The summed E-state index contributed by atoms with van der Waals surface area (Å²) < 4.78 is 0. The first-order valence-electron chi connectivity index (χ1n) is 4.65. The van der Waals surface area contributed by atoms with Gasteiger partial charge in [-0.1, -0.05) is 27.5 Å². The number of aromatic nitrogens is 1. The summed E-state index contributed by atoms with van der Waals surface area (Å²) in [6.45, 7) is 0. The molecule has 0 atom stereocenters. The summed E-state index contributed by atoms with van der Waals surface area (Å²) in [5.41, 5.74) is 0.366. The third-order valence-electron chi connectivity index (χ3n) is 2.45. The maximum Gasteiger partial charge on any atom is 0.270 e. The Morgan fingerprint density at radius 2 is 2.33 bits per heavy atom. The van der Waals surface area contributed by atoms with Crippen LogP contribution in [0.25, 0.3) is 0 Å². The highest BCUT2D eigenvalue weighted by molar-refractivity contribution is 9.09. The van der Waals surface area contributed by atoms with E-state index in [1.807, 2.05) is 0 Å². The molecule has 80 valence electrons. The van der Waals surface area contributed by atoms with E-state index in [0.29, 0.717) is 10.7 Å². The number of alkyl halides is 1. The van der Waals surface area contributed by atoms with Crippen LogP contribution in [0.1, 0.15) is 23.3 Å². The average molecular weight is 290 g/mol. The number of carbonyl (C=O) groups is 1. The molecule has 0 unspecified atom stereocenters. The normalized spacial score (nSPS) is 17.2. The molecule has 0 aliphatic heterocycles. The highest BCUT2D eigenvalue weighted by Crippen LogP contribution is 2.37. The predicted octanol–water partition coefficient (Wildman–Crippen LogP) is 2.39. The SMILES string of the molecule is O=C(NC1(CBr)CC1)c1ccc(Cl)cn1. The number of nitrogens with one attached hydrogen (secondary N) is 1. The molecule has 0 spiro atoms. The van der Waals surface area contributed by atoms with Gasteiger partial charge in [-0.3, -0.25) is 4.79 Å². The van der Waals surface area contributed by atoms with Crippen molar-refractivity contribution < 1.29 is 4.79 Å². The van der Waals surface area contributed by atoms with E-state index in [1.165, 1.54) is 6.20 Å². The molecule has 3 nitrogen and oxygen atoms in total. The highest BCUT2D eigenvalue weighted by atomic mass is 79.9. The summed E-state index contributed by atoms with van der Waals surface area (Å²) >= 11 is 9.08. The molecule has 1 aliphatic rings. The molecule has 1 aromatic rings. The fourth-order valence-electron chi connectivity index (χ4n) is 1.26. The van der Waals surface area contributed by atoms with Crippen LogP contribution in [-0.2, 0) is 0 Å². The smallest absolute Gasteiger partial charge is 0.270 e. The Hall–Kier alpha value is -0.610. The Morgan fingerprint density at radius 3 is 2.80 bits per heavy atom. The van der Waals surface area contributed by atoms with Gasteiger partial charge in [0.25, 0.3) is 5.91 Å². The molecule has 2 rings (SSSR count). The van der Waals surface area contributed by atoms with Crippen molar-refractivity contribution >= 4 is 33.4 Å². The molecule has 0 radical (unpaired) electrons. The number of hydrogen-bond acceptors (Lipinski definition) is 2. The van der Waals surface area contributed by atoms with Crippen LogP contribution in [0.2, 0.25) is 5.02 Å². The quantitative estimate of drug-likeness (QED) is 0.868. The van der Waals surface area contributed by atoms with Crippen molar-refractivity contribution in [3.05, 3.63) is 29.0 Å². The standard InChI is InChI=1S/C10H10BrClN2O/c11-6-10(3-4-10)14-9(15)8-2-1-7(12)5-13-8/h1-2,5H,3-4,6H2,(H,14,15). The number of rotatable bonds is 3. The lowest BCUT2D eigenvalue weighted by Crippen LogP contribution is -2.38. The van der Waals surface area contributed by atoms with Gasteiger partial charge in [-0.2, -0.15) is 0 Å². The molecule has 1 heterocycles. The second-order valence-corrected chi connectivity index (χ2v) is 4.73. The second-order valence-electron chi connectivity index (χ2n) is 3.73. The summed E-state index contributed by atoms with van der Waals surface area (Å²) in [4.78, 5) is 15.7. The van der Waals surface area contributed by atoms with Crippen molar-refractivity contribution in [3.8, 4) is 0 Å². The van der Waals surface area contributed by atoms with Gasteiger partial charge in [0.2, 0.25) is 0 Å². The van der Waals surface area contributed by atoms with Crippen LogP contribution in [0, 0.1) is 0 Å². The highest BCUT2D eigenvalue weighted by Gasteiger charge is 2.43. The number of pyridine rings is 1. The average Bonchev–Trinajstić information content (AvgIpc) is 2.99. The van der Waals surface area contributed by atoms with Crippen LogP contribution in [-0.4, -0.2) is 21.8 Å². The van der Waals surface area contributed by atoms with Crippen molar-refractivity contribution in [2.24, 2.45) is 0 Å². The zero-order chi connectivity index (χ0) is 10.9. The Bertz CT molecular complexity index is 376. The van der Waals surface area contributed by atoms with E-state index < -0.39 is 0 Å². The number of nitrogens with zero attached hydrogens (tertiary/aromatic N) is 1. The maximum absolute atomic E-state index is 11.7. The molecular weight excluding hydrogens is 279 g/mol. The molecule has 5 heteroatoms. The van der Waals surface area contributed by atoms with Crippen LogP contribution in [0.4, 0.5) is 0 Å². The number of halogens is 2. The first kappa shape index (κ1) is 10.9. The number of hydrogen-bond donors (Lipinski definition) is 1. The van der Waals surface area contributed by atoms with Gasteiger partial charge in [-0.15, -0.1) is 0 Å². The molecule has 1 N–H and O–H groups in total. The summed E-state index contributed by atoms with van der Waals surface area (Å²) in [5.74, 6) is -0.136. The van der Waals surface area contributed by atoms with Gasteiger partial charge < -0.3 is 5.32 Å². The van der Waals surface area contributed by atoms with Crippen molar-refractivity contribution in [1.29, 1.82) is 0 Å². The van der Waals surface area contributed by atoms with Crippen molar-refractivity contribution in [3.63, 3.8) is 0 Å². The third-order valence-corrected chi connectivity index (χ3v) is 3.75. The van der Waals surface area contributed by atoms with Crippen LogP contribution >= 0.6 is 27.5 Å². The van der Waals surface area contributed by atoms with Gasteiger partial charge in [-0.25, -0.2) is 4.98 Å². The zero-order valence-electron chi connectivity index (χ0n) is 7.96. The van der Waals surface area contributed by atoms with Gasteiger partial charge in [0, 0.05) is 11.5 Å². The number of amides is 1. The molecule has 1 aliphatic carbocycles. The van der Waals surface area contributed by atoms with E-state index >= 15 is 0 Å². The fraction of sp³-hybridized carbons (Fsp3) is 0.400. The molecule has 0 aromatic carbocycles. The third kappa shape index (κ3) is 2.49. The lowest BCUT2D eigenvalue weighted by atomic mass is 10.3. The zero-order valence-corrected chi connectivity index (χ0v) is 10.3. The molecule has 0 bridgehead atoms. The summed E-state index contributed by atoms with van der Waals surface area (Å²) in [6.07, 6.45) is 3.53. The van der Waals surface area contributed by atoms with E-state index in [2.05, 4.69) is 26.2 Å². The summed E-state index contributed by atoms with van der Waals surface area (Å²) in [5, 5.41) is 4.29. The molecule has 1 amide bonds. The lowest BCUT2D eigenvalue weighted by molar-refractivity contribution is 0.0931. The van der Waals surface area contributed by atoms with Crippen molar-refractivity contribution in [2.75, 3.05) is 5.33 Å². The molecule has 0 saturated heterocycles. The van der Waals surface area contributed by atoms with Gasteiger partial charge in [0.1, 0.15) is 5.69 Å². The van der Waals surface area contributed by atoms with Gasteiger partial charge in [0.15, 0.2) is 0 Å². The summed E-state index contributed by atoms with van der Waals surface area (Å²) in [6, 6.07) is 3.29. The van der Waals surface area contributed by atoms with E-state index in [4.69, 9.17) is 11.6 Å². The largest absolute Gasteiger partial charge is 0.344 e. The van der Waals surface area contributed by atoms with E-state index in [1.54, 1.807) is 12.1 Å². The molecule has 1 saturated carbocycles. The minimum atomic E-state index is -0.136. The monoisotopic (exact) mass is 288 g/mol. The van der Waals surface area contributed by atoms with Crippen LogP contribution in [0.3, 0.4) is 0 Å². The first-order chi connectivity index (χ1) is 7.15. The van der Waals surface area contributed by atoms with E-state index in [9.17, 15) is 4.79 Å². The van der Waals surface area contributed by atoms with Crippen LogP contribution in [0.15, 0.2) is 18.3 Å². The topological polar surface area (TPSA) is 42.0 Å². The Balaban J connectivity index is 2.05. The van der Waals surface area contributed by atoms with Crippen LogP contribution in [0.5, 0.6) is 0 Å². The molecule has 15 heavy (non-hydrogen) atoms. The van der Waals surface area contributed by atoms with Gasteiger partial charge >= 0.3 is 0 Å². The first-order valence-corrected chi connectivity index (χ1v) is 6.15. The Labute approximate surface area is 101 Å². The molecule has 1 fully saturated rings. The van der Waals surface area contributed by atoms with Crippen molar-refractivity contribution in [2.45, 2.75) is 18.4 Å². The minimum absolute atomic E-state index is 0.0433. The van der Waals surface area contributed by atoms with Gasteiger partial charge in [0.05, 0.1) is 10.6 Å². The molecular formula is C10H10BrClN2O.